The molecular formula is C11H19N3O. The molecule has 0 aliphatic rings. The van der Waals surface area contributed by atoms with Gasteiger partial charge in [0.1, 0.15) is 0 Å². The highest BCUT2D eigenvalue weighted by Gasteiger charge is 2.07. The number of anilines is 1. The second-order valence-electron chi connectivity index (χ2n) is 3.93. The van der Waals surface area contributed by atoms with Gasteiger partial charge in [0.2, 0.25) is 0 Å². The van der Waals surface area contributed by atoms with Gasteiger partial charge in [0.15, 0.2) is 5.82 Å². The van der Waals surface area contributed by atoms with E-state index in [9.17, 15) is 0 Å². The molecule has 1 aromatic rings. The number of nitrogens with zero attached hydrogens (tertiary/aromatic N) is 3. The smallest absolute Gasteiger partial charge is 0.150 e. The first-order chi connectivity index (χ1) is 7.17. The first-order valence-electron chi connectivity index (χ1n) is 5.32. The molecule has 0 saturated heterocycles. The third kappa shape index (κ3) is 3.47. The van der Waals surface area contributed by atoms with E-state index in [2.05, 4.69) is 28.9 Å². The van der Waals surface area contributed by atoms with Crippen LogP contribution in [0.15, 0.2) is 12.1 Å². The Morgan fingerprint density at radius 1 is 1.40 bits per heavy atom. The molecule has 1 rings (SSSR count). The quantitative estimate of drug-likeness (QED) is 0.797. The molecule has 0 bridgehead atoms. The summed E-state index contributed by atoms with van der Waals surface area (Å²) in [5.74, 6) is 1.50. The highest BCUT2D eigenvalue weighted by molar-refractivity contribution is 5.35. The zero-order chi connectivity index (χ0) is 11.3. The molecular weight excluding hydrogens is 190 g/mol. The molecule has 0 aliphatic heterocycles. The van der Waals surface area contributed by atoms with E-state index in [1.165, 1.54) is 0 Å². The van der Waals surface area contributed by atoms with Crippen molar-refractivity contribution in [1.82, 2.24) is 10.2 Å². The maximum atomic E-state index is 8.83. The number of rotatable bonds is 5. The summed E-state index contributed by atoms with van der Waals surface area (Å²) in [5.41, 5.74) is 0.607. The number of aliphatic hydroxyl groups excluding tert-OH is 1. The second-order valence-corrected chi connectivity index (χ2v) is 3.93. The fourth-order valence-corrected chi connectivity index (χ4v) is 1.33. The molecule has 84 valence electrons. The van der Waals surface area contributed by atoms with Gasteiger partial charge < -0.3 is 10.0 Å². The van der Waals surface area contributed by atoms with Crippen molar-refractivity contribution in [2.45, 2.75) is 26.9 Å². The van der Waals surface area contributed by atoms with Gasteiger partial charge in [0, 0.05) is 13.6 Å². The van der Waals surface area contributed by atoms with Crippen molar-refractivity contribution >= 4 is 5.82 Å². The fraction of sp³-hybridized carbons (Fsp3) is 0.636. The largest absolute Gasteiger partial charge is 0.390 e. The minimum Gasteiger partial charge on any atom is -0.390 e. The van der Waals surface area contributed by atoms with Gasteiger partial charge in [-0.25, -0.2) is 0 Å². The lowest BCUT2D eigenvalue weighted by molar-refractivity contribution is 0.275. The van der Waals surface area contributed by atoms with E-state index in [0.29, 0.717) is 11.6 Å². The lowest BCUT2D eigenvalue weighted by Crippen LogP contribution is -2.24. The molecule has 0 radical (unpaired) electrons. The highest BCUT2D eigenvalue weighted by Crippen LogP contribution is 2.11. The normalized spacial score (nSPS) is 12.5. The van der Waals surface area contributed by atoms with Crippen LogP contribution in [0, 0.1) is 5.92 Å². The Morgan fingerprint density at radius 2 is 2.13 bits per heavy atom. The summed E-state index contributed by atoms with van der Waals surface area (Å²) in [7, 11) is 2.01. The van der Waals surface area contributed by atoms with Crippen LogP contribution in [0.4, 0.5) is 5.82 Å². The van der Waals surface area contributed by atoms with E-state index in [4.69, 9.17) is 5.11 Å². The van der Waals surface area contributed by atoms with Gasteiger partial charge in [-0.2, -0.15) is 5.10 Å². The van der Waals surface area contributed by atoms with E-state index >= 15 is 0 Å². The van der Waals surface area contributed by atoms with Crippen molar-refractivity contribution in [3.63, 3.8) is 0 Å². The maximum absolute atomic E-state index is 8.83. The second kappa shape index (κ2) is 5.66. The molecule has 15 heavy (non-hydrogen) atoms. The minimum atomic E-state index is -0.0532. The molecule has 1 N–H and O–H groups in total. The Balaban J connectivity index is 2.61. The van der Waals surface area contributed by atoms with E-state index in [1.807, 2.05) is 13.1 Å². The van der Waals surface area contributed by atoms with Crippen LogP contribution in [0.2, 0.25) is 0 Å². The average Bonchev–Trinajstić information content (AvgIpc) is 2.29. The zero-order valence-electron chi connectivity index (χ0n) is 9.64. The van der Waals surface area contributed by atoms with Crippen LogP contribution in [0.25, 0.3) is 0 Å². The fourth-order valence-electron chi connectivity index (χ4n) is 1.33. The summed E-state index contributed by atoms with van der Waals surface area (Å²) in [5, 5.41) is 16.8. The summed E-state index contributed by atoms with van der Waals surface area (Å²) < 4.78 is 0. The van der Waals surface area contributed by atoms with Gasteiger partial charge >= 0.3 is 0 Å². The van der Waals surface area contributed by atoms with Crippen molar-refractivity contribution in [2.24, 2.45) is 5.92 Å². The molecule has 0 spiro atoms. The Morgan fingerprint density at radius 3 is 2.60 bits per heavy atom. The third-order valence-corrected chi connectivity index (χ3v) is 2.54. The lowest BCUT2D eigenvalue weighted by atomic mass is 10.1. The van der Waals surface area contributed by atoms with E-state index in [1.54, 1.807) is 6.07 Å². The van der Waals surface area contributed by atoms with Gasteiger partial charge in [0.05, 0.1) is 12.3 Å². The van der Waals surface area contributed by atoms with Crippen LogP contribution in [0.1, 0.15) is 26.0 Å². The van der Waals surface area contributed by atoms with E-state index < -0.39 is 0 Å². The molecule has 0 amide bonds. The number of hydrogen-bond donors (Lipinski definition) is 1. The first-order valence-corrected chi connectivity index (χ1v) is 5.32. The molecule has 1 atom stereocenters. The standard InChI is InChI=1S/C11H19N3O/c1-4-9(2)7-14(3)11-6-5-10(8-15)12-13-11/h5-6,9,15H,4,7-8H2,1-3H3. The van der Waals surface area contributed by atoms with Crippen LogP contribution in [-0.2, 0) is 6.61 Å². The van der Waals surface area contributed by atoms with Gasteiger partial charge in [0.25, 0.3) is 0 Å². The Hall–Kier alpha value is -1.16. The summed E-state index contributed by atoms with van der Waals surface area (Å²) in [6.07, 6.45) is 1.16. The summed E-state index contributed by atoms with van der Waals surface area (Å²) >= 11 is 0. The first kappa shape index (κ1) is 11.9. The maximum Gasteiger partial charge on any atom is 0.150 e. The molecule has 4 heteroatoms. The minimum absolute atomic E-state index is 0.0532. The Bertz CT molecular complexity index is 286. The van der Waals surface area contributed by atoms with Crippen molar-refractivity contribution in [2.75, 3.05) is 18.5 Å². The van der Waals surface area contributed by atoms with Crippen LogP contribution < -0.4 is 4.90 Å². The average molecular weight is 209 g/mol. The summed E-state index contributed by atoms with van der Waals surface area (Å²) in [6, 6.07) is 3.69. The van der Waals surface area contributed by atoms with Gasteiger partial charge in [-0.05, 0) is 18.1 Å². The summed E-state index contributed by atoms with van der Waals surface area (Å²) in [6.45, 7) is 5.32. The third-order valence-electron chi connectivity index (χ3n) is 2.54. The number of aliphatic hydroxyl groups is 1. The van der Waals surface area contributed by atoms with Crippen molar-refractivity contribution in [3.8, 4) is 0 Å². The highest BCUT2D eigenvalue weighted by atomic mass is 16.3. The van der Waals surface area contributed by atoms with Crippen LogP contribution in [-0.4, -0.2) is 28.9 Å². The monoisotopic (exact) mass is 209 g/mol. The molecule has 4 nitrogen and oxygen atoms in total. The molecule has 0 aromatic carbocycles. The van der Waals surface area contributed by atoms with Crippen molar-refractivity contribution < 1.29 is 5.11 Å². The Labute approximate surface area is 90.9 Å². The number of aromatic nitrogens is 2. The van der Waals surface area contributed by atoms with E-state index in [0.717, 1.165) is 18.8 Å². The van der Waals surface area contributed by atoms with Crippen LogP contribution in [0.5, 0.6) is 0 Å². The van der Waals surface area contributed by atoms with E-state index in [-0.39, 0.29) is 6.61 Å². The molecule has 1 unspecified atom stereocenters. The lowest BCUT2D eigenvalue weighted by Gasteiger charge is -2.21. The predicted molar refractivity (Wildman–Crippen MR) is 60.7 cm³/mol. The number of hydrogen-bond acceptors (Lipinski definition) is 4. The Kier molecular flexibility index (Phi) is 4.49. The van der Waals surface area contributed by atoms with Crippen LogP contribution in [0.3, 0.4) is 0 Å². The van der Waals surface area contributed by atoms with Crippen molar-refractivity contribution in [1.29, 1.82) is 0 Å². The molecule has 0 fully saturated rings. The van der Waals surface area contributed by atoms with Gasteiger partial charge in [-0.15, -0.1) is 5.10 Å². The SMILES string of the molecule is CCC(C)CN(C)c1ccc(CO)nn1. The molecule has 0 aliphatic carbocycles. The van der Waals surface area contributed by atoms with Gasteiger partial charge in [-0.3, -0.25) is 0 Å². The molecule has 0 saturated carbocycles. The topological polar surface area (TPSA) is 49.2 Å². The van der Waals surface area contributed by atoms with Crippen molar-refractivity contribution in [3.05, 3.63) is 17.8 Å². The molecule has 1 heterocycles. The summed E-state index contributed by atoms with van der Waals surface area (Å²) in [4.78, 5) is 2.09. The predicted octanol–water partition coefficient (Wildman–Crippen LogP) is 1.45. The molecule has 1 aromatic heterocycles. The zero-order valence-corrected chi connectivity index (χ0v) is 9.64. The van der Waals surface area contributed by atoms with Crippen LogP contribution >= 0.6 is 0 Å². The van der Waals surface area contributed by atoms with Gasteiger partial charge in [-0.1, -0.05) is 20.3 Å².